The number of nitrogens with one attached hydrogen (secondary N) is 1. The molecule has 1 aromatic carbocycles. The van der Waals surface area contributed by atoms with Crippen LogP contribution in [0, 0.1) is 5.41 Å². The fourth-order valence-corrected chi connectivity index (χ4v) is 2.08. The molecule has 0 saturated carbocycles. The summed E-state index contributed by atoms with van der Waals surface area (Å²) in [5.41, 5.74) is 5.35. The lowest BCUT2D eigenvalue weighted by atomic mass is 10.3. The van der Waals surface area contributed by atoms with Crippen LogP contribution in [0.25, 0.3) is 0 Å². The second kappa shape index (κ2) is 5.16. The van der Waals surface area contributed by atoms with Gasteiger partial charge >= 0.3 is 0 Å². The van der Waals surface area contributed by atoms with Gasteiger partial charge < -0.3 is 10.5 Å². The molecule has 0 aliphatic rings. The van der Waals surface area contributed by atoms with E-state index in [1.54, 1.807) is 18.3 Å². The van der Waals surface area contributed by atoms with Gasteiger partial charge in [0, 0.05) is 11.2 Å². The first-order chi connectivity index (χ1) is 8.15. The molecule has 4 nitrogen and oxygen atoms in total. The fourth-order valence-electron chi connectivity index (χ4n) is 1.20. The Hall–Kier alpha value is -1.59. The number of benzene rings is 1. The van der Waals surface area contributed by atoms with Crippen molar-refractivity contribution in [3.8, 4) is 5.75 Å². The molecule has 0 bridgehead atoms. The van der Waals surface area contributed by atoms with Crippen LogP contribution < -0.4 is 10.5 Å². The average molecular weight is 268 g/mol. The number of nitrogens with zero attached hydrogens (tertiary/aromatic N) is 1. The molecule has 1 aromatic heterocycles. The number of nitrogens with two attached hydrogens (primary N) is 1. The van der Waals surface area contributed by atoms with Crippen molar-refractivity contribution in [3.63, 3.8) is 0 Å². The Kier molecular flexibility index (Phi) is 3.61. The Morgan fingerprint density at radius 3 is 3.00 bits per heavy atom. The number of aromatic nitrogens is 1. The van der Waals surface area contributed by atoms with Crippen LogP contribution in [0.3, 0.4) is 0 Å². The van der Waals surface area contributed by atoms with E-state index in [9.17, 15) is 0 Å². The van der Waals surface area contributed by atoms with Crippen LogP contribution in [0.1, 0.15) is 9.88 Å². The lowest BCUT2D eigenvalue weighted by molar-refractivity contribution is 0.305. The smallest absolute Gasteiger partial charge is 0.140 e. The summed E-state index contributed by atoms with van der Waals surface area (Å²) in [7, 11) is 0. The molecule has 1 heterocycles. The molecule has 0 aliphatic carbocycles. The fraction of sp³-hybridized carbons (Fsp3) is 0.0909. The van der Waals surface area contributed by atoms with Crippen molar-refractivity contribution >= 4 is 28.8 Å². The summed E-state index contributed by atoms with van der Waals surface area (Å²) in [6, 6.07) is 7.17. The van der Waals surface area contributed by atoms with Gasteiger partial charge in [-0.1, -0.05) is 17.7 Å². The number of halogens is 1. The van der Waals surface area contributed by atoms with E-state index in [0.717, 1.165) is 5.01 Å². The van der Waals surface area contributed by atoms with Crippen molar-refractivity contribution < 1.29 is 4.74 Å². The summed E-state index contributed by atoms with van der Waals surface area (Å²) in [5, 5.41) is 8.67. The summed E-state index contributed by atoms with van der Waals surface area (Å²) in [6.45, 7) is 0.346. The number of ether oxygens (including phenoxy) is 1. The minimum absolute atomic E-state index is 0.0245. The maximum absolute atomic E-state index is 7.26. The first kappa shape index (κ1) is 11.9. The number of thiazole rings is 1. The highest BCUT2D eigenvalue weighted by Crippen LogP contribution is 2.19. The van der Waals surface area contributed by atoms with Crippen molar-refractivity contribution in [1.82, 2.24) is 4.98 Å². The van der Waals surface area contributed by atoms with Gasteiger partial charge in [0.25, 0.3) is 0 Å². The van der Waals surface area contributed by atoms with E-state index < -0.39 is 0 Å². The molecular weight excluding hydrogens is 258 g/mol. The molecule has 6 heteroatoms. The summed E-state index contributed by atoms with van der Waals surface area (Å²) in [4.78, 5) is 4.76. The second-order valence-corrected chi connectivity index (χ2v) is 4.83. The molecule has 0 spiro atoms. The molecule has 0 amide bonds. The molecule has 0 unspecified atom stereocenters. The SMILES string of the molecule is N=C(N)c1cnc(COc2cccc(Cl)c2)s1. The van der Waals surface area contributed by atoms with E-state index in [-0.39, 0.29) is 5.84 Å². The van der Waals surface area contributed by atoms with Crippen LogP contribution >= 0.6 is 22.9 Å². The van der Waals surface area contributed by atoms with Crippen molar-refractivity contribution in [2.45, 2.75) is 6.61 Å². The monoisotopic (exact) mass is 267 g/mol. The Bertz CT molecular complexity index is 541. The number of nitrogen functional groups attached to an aromatic ring is 1. The first-order valence-electron chi connectivity index (χ1n) is 4.82. The molecule has 0 atom stereocenters. The van der Waals surface area contributed by atoms with Crippen LogP contribution in [0.4, 0.5) is 0 Å². The largest absolute Gasteiger partial charge is 0.486 e. The van der Waals surface area contributed by atoms with Gasteiger partial charge in [-0.25, -0.2) is 4.98 Å². The van der Waals surface area contributed by atoms with E-state index in [1.165, 1.54) is 11.3 Å². The van der Waals surface area contributed by atoms with Gasteiger partial charge in [0.05, 0.1) is 4.88 Å². The highest BCUT2D eigenvalue weighted by atomic mass is 35.5. The molecule has 2 rings (SSSR count). The van der Waals surface area contributed by atoms with Crippen LogP contribution in [0.2, 0.25) is 5.02 Å². The predicted molar refractivity (Wildman–Crippen MR) is 68.9 cm³/mol. The summed E-state index contributed by atoms with van der Waals surface area (Å²) < 4.78 is 5.52. The van der Waals surface area contributed by atoms with Crippen LogP contribution in [0.5, 0.6) is 5.75 Å². The van der Waals surface area contributed by atoms with Crippen molar-refractivity contribution in [1.29, 1.82) is 5.41 Å². The number of rotatable bonds is 4. The normalized spacial score (nSPS) is 10.2. The Labute approximate surface area is 108 Å². The highest BCUT2D eigenvalue weighted by molar-refractivity contribution is 7.13. The zero-order valence-electron chi connectivity index (χ0n) is 8.81. The number of hydrogen-bond donors (Lipinski definition) is 2. The summed E-state index contributed by atoms with van der Waals surface area (Å²) >= 11 is 7.18. The zero-order chi connectivity index (χ0) is 12.3. The van der Waals surface area contributed by atoms with Gasteiger partial charge in [-0.05, 0) is 18.2 Å². The molecular formula is C11H10ClN3OS. The minimum Gasteiger partial charge on any atom is -0.486 e. The Morgan fingerprint density at radius 1 is 1.53 bits per heavy atom. The van der Waals surface area contributed by atoms with Gasteiger partial charge in [0.15, 0.2) is 0 Å². The summed E-state index contributed by atoms with van der Waals surface area (Å²) in [6.07, 6.45) is 1.57. The van der Waals surface area contributed by atoms with E-state index in [1.807, 2.05) is 12.1 Å². The molecule has 0 fully saturated rings. The van der Waals surface area contributed by atoms with Gasteiger partial charge in [0.2, 0.25) is 0 Å². The van der Waals surface area contributed by atoms with Crippen molar-refractivity contribution in [2.24, 2.45) is 5.73 Å². The topological polar surface area (TPSA) is 72.0 Å². The number of hydrogen-bond acceptors (Lipinski definition) is 4. The molecule has 88 valence electrons. The molecule has 3 N–H and O–H groups in total. The second-order valence-electron chi connectivity index (χ2n) is 3.28. The summed E-state index contributed by atoms with van der Waals surface area (Å²) in [5.74, 6) is 0.716. The zero-order valence-corrected chi connectivity index (χ0v) is 10.4. The molecule has 0 radical (unpaired) electrons. The maximum atomic E-state index is 7.26. The molecule has 0 saturated heterocycles. The van der Waals surface area contributed by atoms with Gasteiger partial charge in [-0.3, -0.25) is 5.41 Å². The van der Waals surface area contributed by atoms with E-state index in [2.05, 4.69) is 4.98 Å². The van der Waals surface area contributed by atoms with Crippen molar-refractivity contribution in [2.75, 3.05) is 0 Å². The van der Waals surface area contributed by atoms with Gasteiger partial charge in [-0.15, -0.1) is 11.3 Å². The third-order valence-corrected chi connectivity index (χ3v) is 3.22. The number of amidine groups is 1. The Balaban J connectivity index is 2.00. The van der Waals surface area contributed by atoms with Gasteiger partial charge in [-0.2, -0.15) is 0 Å². The molecule has 0 aliphatic heterocycles. The third-order valence-electron chi connectivity index (χ3n) is 1.98. The maximum Gasteiger partial charge on any atom is 0.140 e. The molecule has 17 heavy (non-hydrogen) atoms. The van der Waals surface area contributed by atoms with Crippen LogP contribution in [0.15, 0.2) is 30.5 Å². The van der Waals surface area contributed by atoms with E-state index in [0.29, 0.717) is 22.3 Å². The molecule has 2 aromatic rings. The third kappa shape index (κ3) is 3.18. The Morgan fingerprint density at radius 2 is 2.35 bits per heavy atom. The van der Waals surface area contributed by atoms with Crippen molar-refractivity contribution in [3.05, 3.63) is 45.4 Å². The first-order valence-corrected chi connectivity index (χ1v) is 6.02. The lowest BCUT2D eigenvalue weighted by Gasteiger charge is -2.03. The standard InChI is InChI=1S/C11H10ClN3OS/c12-7-2-1-3-8(4-7)16-6-10-15-5-9(17-10)11(13)14/h1-5H,6H2,(H3,13,14). The van der Waals surface area contributed by atoms with E-state index in [4.69, 9.17) is 27.5 Å². The highest BCUT2D eigenvalue weighted by Gasteiger charge is 2.05. The van der Waals surface area contributed by atoms with E-state index >= 15 is 0 Å². The van der Waals surface area contributed by atoms with Gasteiger partial charge in [0.1, 0.15) is 23.2 Å². The minimum atomic E-state index is 0.0245. The van der Waals surface area contributed by atoms with Crippen LogP contribution in [-0.2, 0) is 6.61 Å². The van der Waals surface area contributed by atoms with Crippen LogP contribution in [-0.4, -0.2) is 10.8 Å². The average Bonchev–Trinajstić information content (AvgIpc) is 2.75. The predicted octanol–water partition coefficient (Wildman–Crippen LogP) is 2.66. The quantitative estimate of drug-likeness (QED) is 0.661. The lowest BCUT2D eigenvalue weighted by Crippen LogP contribution is -2.08.